The van der Waals surface area contributed by atoms with Crippen molar-refractivity contribution in [3.63, 3.8) is 0 Å². The van der Waals surface area contributed by atoms with Crippen LogP contribution in [0.1, 0.15) is 50.7 Å². The number of hydrogen-bond donors (Lipinski definition) is 0. The molecule has 0 unspecified atom stereocenters. The Morgan fingerprint density at radius 2 is 1.17 bits per heavy atom. The minimum atomic E-state index is -0.363. The maximum Gasteiger partial charge on any atom is 0.337 e. The van der Waals surface area contributed by atoms with Gasteiger partial charge in [0.1, 0.15) is 0 Å². The van der Waals surface area contributed by atoms with Gasteiger partial charge in [0, 0.05) is 59.2 Å². The molecule has 8 nitrogen and oxygen atoms in total. The lowest BCUT2D eigenvalue weighted by atomic mass is 10.1. The zero-order valence-electron chi connectivity index (χ0n) is 25.2. The van der Waals surface area contributed by atoms with Gasteiger partial charge in [0.2, 0.25) is 0 Å². The Kier molecular flexibility index (Phi) is 14.0. The van der Waals surface area contributed by atoms with Gasteiger partial charge in [-0.1, -0.05) is 42.8 Å². The number of pyridine rings is 4. The number of fused-ring (bicyclic) bond motifs is 2. The van der Waals surface area contributed by atoms with Crippen LogP contribution in [0.3, 0.4) is 0 Å². The Bertz CT molecular complexity index is 1990. The molecule has 6 aromatic rings. The van der Waals surface area contributed by atoms with Crippen LogP contribution >= 0.6 is 34.8 Å². The predicted molar refractivity (Wildman–Crippen MR) is 188 cm³/mol. The summed E-state index contributed by atoms with van der Waals surface area (Å²) in [5.41, 5.74) is 6.65. The van der Waals surface area contributed by atoms with Crippen LogP contribution in [-0.2, 0) is 21.8 Å². The molecule has 0 saturated heterocycles. The highest BCUT2D eigenvalue weighted by atomic mass is 35.5. The Morgan fingerprint density at radius 3 is 1.70 bits per heavy atom. The summed E-state index contributed by atoms with van der Waals surface area (Å²) in [5, 5.41) is 3.27. The highest BCUT2D eigenvalue weighted by molar-refractivity contribution is 6.31. The third kappa shape index (κ3) is 10.7. The monoisotopic (exact) mass is 690 g/mol. The molecule has 0 fully saturated rings. The average Bonchev–Trinajstić information content (AvgIpc) is 3.07. The van der Waals surface area contributed by atoms with Crippen LogP contribution < -0.4 is 0 Å². The van der Waals surface area contributed by atoms with Gasteiger partial charge in [-0.15, -0.1) is 11.6 Å². The number of halogens is 3. The lowest BCUT2D eigenvalue weighted by Crippen LogP contribution is -2.03. The van der Waals surface area contributed by atoms with Gasteiger partial charge >= 0.3 is 11.9 Å². The average molecular weight is 692 g/mol. The molecule has 11 heteroatoms. The van der Waals surface area contributed by atoms with Gasteiger partial charge < -0.3 is 9.47 Å². The fourth-order valence-corrected chi connectivity index (χ4v) is 4.82. The minimum absolute atomic E-state index is 0. The van der Waals surface area contributed by atoms with E-state index < -0.39 is 0 Å². The second-order valence-corrected chi connectivity index (χ2v) is 11.0. The normalized spacial score (nSPS) is 10.1. The number of alkyl halides is 1. The highest BCUT2D eigenvalue weighted by Crippen LogP contribution is 2.21. The molecule has 0 aliphatic heterocycles. The maximum absolute atomic E-state index is 11.6. The molecule has 2 aromatic carbocycles. The summed E-state index contributed by atoms with van der Waals surface area (Å²) in [4.78, 5) is 39.2. The van der Waals surface area contributed by atoms with Gasteiger partial charge in [0.15, 0.2) is 0 Å². The molecule has 6 rings (SSSR count). The largest absolute Gasteiger partial charge is 0.465 e. The zero-order chi connectivity index (χ0) is 33.1. The number of ether oxygens (including phenoxy) is 2. The van der Waals surface area contributed by atoms with E-state index in [4.69, 9.17) is 39.5 Å². The Balaban J connectivity index is 0.000000205. The minimum Gasteiger partial charge on any atom is -0.465 e. The summed E-state index contributed by atoms with van der Waals surface area (Å²) in [6.45, 7) is 1.83. The molecule has 0 aliphatic rings. The van der Waals surface area contributed by atoms with Gasteiger partial charge in [-0.05, 0) is 78.7 Å². The van der Waals surface area contributed by atoms with E-state index in [-0.39, 0.29) is 19.4 Å². The molecule has 0 spiro atoms. The van der Waals surface area contributed by atoms with Crippen molar-refractivity contribution in [1.29, 1.82) is 0 Å². The molecule has 0 atom stereocenters. The van der Waals surface area contributed by atoms with Gasteiger partial charge in [-0.25, -0.2) is 9.59 Å². The second-order valence-electron chi connectivity index (χ2n) is 9.88. The summed E-state index contributed by atoms with van der Waals surface area (Å²) in [6, 6.07) is 22.4. The smallest absolute Gasteiger partial charge is 0.337 e. The number of aryl methyl sites for hydroxylation is 1. The van der Waals surface area contributed by atoms with Crippen LogP contribution in [0.25, 0.3) is 21.8 Å². The van der Waals surface area contributed by atoms with E-state index in [0.29, 0.717) is 33.5 Å². The van der Waals surface area contributed by atoms with Crippen LogP contribution in [0.5, 0.6) is 0 Å². The number of esters is 2. The van der Waals surface area contributed by atoms with Gasteiger partial charge in [0.05, 0.1) is 46.4 Å². The fraction of sp³-hybridized carbons (Fsp3) is 0.167. The Hall–Kier alpha value is -4.63. The third-order valence-corrected chi connectivity index (χ3v) is 7.24. The predicted octanol–water partition coefficient (Wildman–Crippen LogP) is 9.10. The van der Waals surface area contributed by atoms with Crippen molar-refractivity contribution >= 4 is 68.5 Å². The van der Waals surface area contributed by atoms with E-state index in [1.54, 1.807) is 49.1 Å². The standard InChI is InChI=1S/C17H13ClN2O2.C10H7Cl2N.C8H9NO2.CH4/c1-22-17(21)12-4-5-19-15(9-12)7-11-2-3-16-13(6-11)8-14(18)10-20-16;11-5-7-1-2-10-8(3-7)4-9(12)6-13-10;1-6-5-7(3-4-9-6)8(10)11-2;/h2-6,8-10H,7H2,1H3;1-4,6H,5H2;3-5H,1-2H3;1H4. The number of hydrogen-bond acceptors (Lipinski definition) is 8. The Morgan fingerprint density at radius 1 is 0.660 bits per heavy atom. The number of rotatable bonds is 5. The first-order valence-corrected chi connectivity index (χ1v) is 15.2. The lowest BCUT2D eigenvalue weighted by molar-refractivity contribution is 0.0591. The van der Waals surface area contributed by atoms with Crippen molar-refractivity contribution in [3.8, 4) is 0 Å². The van der Waals surface area contributed by atoms with E-state index in [2.05, 4.69) is 24.7 Å². The highest BCUT2D eigenvalue weighted by Gasteiger charge is 2.08. The first-order valence-electron chi connectivity index (χ1n) is 13.9. The van der Waals surface area contributed by atoms with E-state index in [9.17, 15) is 9.59 Å². The van der Waals surface area contributed by atoms with Crippen LogP contribution in [0.4, 0.5) is 0 Å². The van der Waals surface area contributed by atoms with Gasteiger partial charge in [-0.3, -0.25) is 19.9 Å². The number of methoxy groups -OCH3 is 2. The summed E-state index contributed by atoms with van der Waals surface area (Å²) in [5.74, 6) is -0.170. The van der Waals surface area contributed by atoms with Crippen molar-refractivity contribution in [1.82, 2.24) is 19.9 Å². The van der Waals surface area contributed by atoms with E-state index >= 15 is 0 Å². The van der Waals surface area contributed by atoms with Crippen molar-refractivity contribution in [2.45, 2.75) is 26.7 Å². The molecule has 4 heterocycles. The Labute approximate surface area is 288 Å². The quantitative estimate of drug-likeness (QED) is 0.130. The lowest BCUT2D eigenvalue weighted by Gasteiger charge is -2.05. The van der Waals surface area contributed by atoms with E-state index in [0.717, 1.165) is 44.3 Å². The van der Waals surface area contributed by atoms with E-state index in [1.165, 1.54) is 14.2 Å². The van der Waals surface area contributed by atoms with E-state index in [1.807, 2.05) is 55.5 Å². The number of benzene rings is 2. The molecular formula is C36H33Cl3N4O4. The summed E-state index contributed by atoms with van der Waals surface area (Å²) in [6.07, 6.45) is 7.09. The summed E-state index contributed by atoms with van der Waals surface area (Å²) < 4.78 is 9.25. The summed E-state index contributed by atoms with van der Waals surface area (Å²) in [7, 11) is 2.72. The maximum atomic E-state index is 11.6. The van der Waals surface area contributed by atoms with Crippen molar-refractivity contribution in [2.24, 2.45) is 0 Å². The SMILES string of the molecule is C.COC(=O)c1ccnc(C)c1.COC(=O)c1ccnc(Cc2ccc3ncc(Cl)cc3c2)c1.ClCc1ccc2ncc(Cl)cc2c1. The van der Waals surface area contributed by atoms with Crippen molar-refractivity contribution in [2.75, 3.05) is 14.2 Å². The number of carbonyl (C=O) groups is 2. The molecule has 0 amide bonds. The molecule has 4 aromatic heterocycles. The van der Waals surface area contributed by atoms with Gasteiger partial charge in [-0.2, -0.15) is 0 Å². The number of nitrogens with zero attached hydrogens (tertiary/aromatic N) is 4. The van der Waals surface area contributed by atoms with Crippen LogP contribution in [0.2, 0.25) is 10.0 Å². The summed E-state index contributed by atoms with van der Waals surface area (Å²) >= 11 is 17.5. The molecule has 0 aliphatic carbocycles. The molecular weight excluding hydrogens is 659 g/mol. The third-order valence-electron chi connectivity index (χ3n) is 6.52. The van der Waals surface area contributed by atoms with Crippen LogP contribution in [-0.4, -0.2) is 46.1 Å². The van der Waals surface area contributed by atoms with Crippen molar-refractivity contribution < 1.29 is 19.1 Å². The molecule has 0 bridgehead atoms. The van der Waals surface area contributed by atoms with Crippen LogP contribution in [0.15, 0.2) is 97.6 Å². The van der Waals surface area contributed by atoms with Gasteiger partial charge in [0.25, 0.3) is 0 Å². The number of aromatic nitrogens is 4. The first-order chi connectivity index (χ1) is 22.2. The second kappa shape index (κ2) is 17.9. The number of carbonyl (C=O) groups excluding carboxylic acids is 2. The molecule has 0 radical (unpaired) electrons. The topological polar surface area (TPSA) is 104 Å². The fourth-order valence-electron chi connectivity index (χ4n) is 4.32. The zero-order valence-corrected chi connectivity index (χ0v) is 27.5. The molecule has 0 N–H and O–H groups in total. The van der Waals surface area contributed by atoms with Crippen molar-refractivity contribution in [3.05, 3.63) is 141 Å². The van der Waals surface area contributed by atoms with Crippen LogP contribution in [0, 0.1) is 6.92 Å². The molecule has 242 valence electrons. The molecule has 47 heavy (non-hydrogen) atoms. The molecule has 0 saturated carbocycles. The first kappa shape index (κ1) is 36.8.